The van der Waals surface area contributed by atoms with Gasteiger partial charge in [0.1, 0.15) is 0 Å². The SMILES string of the molecule is CCCONCCCNOCCCONCCCNO. The highest BCUT2D eigenvalue weighted by Gasteiger charge is 1.92. The topological polar surface area (TPSA) is 96.0 Å². The summed E-state index contributed by atoms with van der Waals surface area (Å²) in [6.07, 6.45) is 3.59. The van der Waals surface area contributed by atoms with Gasteiger partial charge in [0.15, 0.2) is 0 Å². The van der Waals surface area contributed by atoms with Crippen LogP contribution >= 0.6 is 0 Å². The lowest BCUT2D eigenvalue weighted by Crippen LogP contribution is -2.24. The van der Waals surface area contributed by atoms with Crippen molar-refractivity contribution in [3.8, 4) is 0 Å². The van der Waals surface area contributed by atoms with Gasteiger partial charge in [-0.1, -0.05) is 6.92 Å². The maximum absolute atomic E-state index is 8.33. The minimum atomic E-state index is 0.557. The van der Waals surface area contributed by atoms with Gasteiger partial charge in [-0.3, -0.25) is 0 Å². The van der Waals surface area contributed by atoms with Crippen LogP contribution < -0.4 is 21.9 Å². The van der Waals surface area contributed by atoms with E-state index in [0.717, 1.165) is 45.4 Å². The molecule has 5 N–H and O–H groups in total. The van der Waals surface area contributed by atoms with E-state index in [1.54, 1.807) is 0 Å². The first-order valence-electron chi connectivity index (χ1n) is 7.32. The van der Waals surface area contributed by atoms with E-state index in [1.165, 1.54) is 0 Å². The summed E-state index contributed by atoms with van der Waals surface area (Å²) < 4.78 is 0. The van der Waals surface area contributed by atoms with Gasteiger partial charge in [0, 0.05) is 26.2 Å². The summed E-state index contributed by atoms with van der Waals surface area (Å²) in [4.78, 5) is 15.5. The molecular weight excluding hydrogens is 264 g/mol. The first kappa shape index (κ1) is 19.7. The number of hydrogen-bond donors (Lipinski definition) is 5. The van der Waals surface area contributed by atoms with Crippen molar-refractivity contribution in [2.45, 2.75) is 32.6 Å². The number of hydroxylamine groups is 4. The zero-order chi connectivity index (χ0) is 14.7. The van der Waals surface area contributed by atoms with Gasteiger partial charge in [-0.2, -0.15) is 0 Å². The second-order valence-electron chi connectivity index (χ2n) is 4.20. The van der Waals surface area contributed by atoms with Crippen LogP contribution in [0.3, 0.4) is 0 Å². The Labute approximate surface area is 121 Å². The van der Waals surface area contributed by atoms with E-state index in [2.05, 4.69) is 28.8 Å². The second kappa shape index (κ2) is 18.7. The van der Waals surface area contributed by atoms with Crippen LogP contribution in [0.2, 0.25) is 0 Å². The molecule has 8 heteroatoms. The zero-order valence-corrected chi connectivity index (χ0v) is 12.5. The van der Waals surface area contributed by atoms with Gasteiger partial charge in [0.25, 0.3) is 0 Å². The monoisotopic (exact) mass is 294 g/mol. The van der Waals surface area contributed by atoms with Crippen molar-refractivity contribution >= 4 is 0 Å². The molecule has 0 heterocycles. The molecule has 0 aliphatic heterocycles. The Hall–Kier alpha value is -0.320. The number of rotatable bonds is 17. The second-order valence-corrected chi connectivity index (χ2v) is 4.20. The normalized spacial score (nSPS) is 11.1. The predicted octanol–water partition coefficient (Wildman–Crippen LogP) is 0.109. The quantitative estimate of drug-likeness (QED) is 0.191. The highest BCUT2D eigenvalue weighted by Crippen LogP contribution is 1.83. The molecule has 0 aliphatic rings. The first-order valence-corrected chi connectivity index (χ1v) is 7.32. The minimum Gasteiger partial charge on any atom is -0.317 e. The Balaban J connectivity index is 2.89. The van der Waals surface area contributed by atoms with E-state index in [4.69, 9.17) is 19.7 Å². The van der Waals surface area contributed by atoms with E-state index < -0.39 is 0 Å². The number of nitrogens with one attached hydrogen (secondary N) is 4. The van der Waals surface area contributed by atoms with Crippen LogP contribution in [-0.2, 0) is 14.5 Å². The first-order chi connectivity index (χ1) is 9.91. The zero-order valence-electron chi connectivity index (χ0n) is 12.5. The lowest BCUT2D eigenvalue weighted by atomic mass is 10.4. The van der Waals surface area contributed by atoms with Crippen LogP contribution in [0.25, 0.3) is 0 Å². The number of hydrogen-bond acceptors (Lipinski definition) is 8. The van der Waals surface area contributed by atoms with Crippen molar-refractivity contribution in [3.05, 3.63) is 0 Å². The Morgan fingerprint density at radius 1 is 0.700 bits per heavy atom. The Morgan fingerprint density at radius 2 is 1.20 bits per heavy atom. The molecule has 0 aromatic carbocycles. The molecule has 0 fully saturated rings. The summed E-state index contributed by atoms with van der Waals surface area (Å²) in [5.41, 5.74) is 10.7. The summed E-state index contributed by atoms with van der Waals surface area (Å²) in [5.74, 6) is 0. The van der Waals surface area contributed by atoms with E-state index in [1.807, 2.05) is 0 Å². The Kier molecular flexibility index (Phi) is 18.4. The molecule has 20 heavy (non-hydrogen) atoms. The van der Waals surface area contributed by atoms with Gasteiger partial charge in [-0.15, -0.1) is 0 Å². The van der Waals surface area contributed by atoms with Crippen molar-refractivity contribution in [2.24, 2.45) is 0 Å². The Morgan fingerprint density at radius 3 is 1.70 bits per heavy atom. The van der Waals surface area contributed by atoms with Gasteiger partial charge in [-0.25, -0.2) is 21.9 Å². The average molecular weight is 294 g/mol. The molecule has 0 aromatic heterocycles. The fraction of sp³-hybridized carbons (Fsp3) is 1.00. The fourth-order valence-electron chi connectivity index (χ4n) is 1.21. The molecule has 0 rings (SSSR count). The largest absolute Gasteiger partial charge is 0.317 e. The van der Waals surface area contributed by atoms with Crippen molar-refractivity contribution < 1.29 is 19.7 Å². The van der Waals surface area contributed by atoms with E-state index >= 15 is 0 Å². The maximum Gasteiger partial charge on any atom is 0.0704 e. The molecule has 0 aromatic rings. The summed E-state index contributed by atoms with van der Waals surface area (Å²) >= 11 is 0. The van der Waals surface area contributed by atoms with E-state index in [0.29, 0.717) is 26.3 Å². The molecule has 0 amide bonds. The van der Waals surface area contributed by atoms with Crippen molar-refractivity contribution in [2.75, 3.05) is 46.0 Å². The molecular formula is C12H30N4O4. The molecule has 8 nitrogen and oxygen atoms in total. The average Bonchev–Trinajstić information content (AvgIpc) is 2.47. The van der Waals surface area contributed by atoms with Gasteiger partial charge >= 0.3 is 0 Å². The lowest BCUT2D eigenvalue weighted by Gasteiger charge is -2.08. The molecule has 0 unspecified atom stereocenters. The predicted molar refractivity (Wildman–Crippen MR) is 75.8 cm³/mol. The third-order valence-corrected chi connectivity index (χ3v) is 2.23. The minimum absolute atomic E-state index is 0.557. The fourth-order valence-corrected chi connectivity index (χ4v) is 1.21. The molecule has 0 atom stereocenters. The van der Waals surface area contributed by atoms with E-state index in [-0.39, 0.29) is 0 Å². The molecule has 0 spiro atoms. The van der Waals surface area contributed by atoms with Crippen molar-refractivity contribution in [3.63, 3.8) is 0 Å². The highest BCUT2D eigenvalue weighted by atomic mass is 16.7. The summed E-state index contributed by atoms with van der Waals surface area (Å²) in [6, 6.07) is 0. The maximum atomic E-state index is 8.33. The molecule has 122 valence electrons. The summed E-state index contributed by atoms with van der Waals surface area (Å²) in [7, 11) is 0. The third-order valence-electron chi connectivity index (χ3n) is 2.23. The highest BCUT2D eigenvalue weighted by molar-refractivity contribution is 4.41. The standard InChI is InChI=1S/C12H30N4O4/c1-2-10-18-14-8-4-9-16-20-12-5-11-19-15-7-3-6-13-17/h13-17H,2-12H2,1H3. The van der Waals surface area contributed by atoms with Crippen LogP contribution in [0.1, 0.15) is 32.6 Å². The van der Waals surface area contributed by atoms with Crippen LogP contribution in [0.4, 0.5) is 0 Å². The molecule has 0 saturated heterocycles. The summed E-state index contributed by atoms with van der Waals surface area (Å²) in [5, 5.41) is 8.33. The van der Waals surface area contributed by atoms with Gasteiger partial charge in [-0.05, 0) is 25.7 Å². The molecule has 0 bridgehead atoms. The Bertz CT molecular complexity index is 160. The lowest BCUT2D eigenvalue weighted by molar-refractivity contribution is -0.00435. The van der Waals surface area contributed by atoms with Crippen LogP contribution in [-0.4, -0.2) is 51.2 Å². The van der Waals surface area contributed by atoms with Gasteiger partial charge in [0.2, 0.25) is 0 Å². The molecule has 0 radical (unpaired) electrons. The van der Waals surface area contributed by atoms with Crippen LogP contribution in [0.5, 0.6) is 0 Å². The van der Waals surface area contributed by atoms with Gasteiger partial charge in [0.05, 0.1) is 19.8 Å². The smallest absolute Gasteiger partial charge is 0.0704 e. The molecule has 0 aliphatic carbocycles. The van der Waals surface area contributed by atoms with Crippen molar-refractivity contribution in [1.29, 1.82) is 0 Å². The van der Waals surface area contributed by atoms with E-state index in [9.17, 15) is 0 Å². The summed E-state index contributed by atoms with van der Waals surface area (Å²) in [6.45, 7) is 6.89. The van der Waals surface area contributed by atoms with Crippen LogP contribution in [0, 0.1) is 0 Å². The van der Waals surface area contributed by atoms with Crippen molar-refractivity contribution in [1.82, 2.24) is 21.9 Å². The van der Waals surface area contributed by atoms with Gasteiger partial charge < -0.3 is 19.7 Å². The van der Waals surface area contributed by atoms with Crippen LogP contribution in [0.15, 0.2) is 0 Å². The molecule has 0 saturated carbocycles. The third kappa shape index (κ3) is 17.7.